The van der Waals surface area contributed by atoms with E-state index >= 15 is 0 Å². The topological polar surface area (TPSA) is 108 Å². The molecule has 1 rings (SSSR count). The van der Waals surface area contributed by atoms with Crippen molar-refractivity contribution in [3.63, 3.8) is 0 Å². The number of aliphatic carboxylic acids is 1. The minimum Gasteiger partial charge on any atom is -0.481 e. The number of carbonyl (C=O) groups excluding carboxylic acids is 1. The summed E-state index contributed by atoms with van der Waals surface area (Å²) in [6.07, 6.45) is 3.57. The van der Waals surface area contributed by atoms with Crippen molar-refractivity contribution in [3.05, 3.63) is 24.0 Å². The van der Waals surface area contributed by atoms with Crippen LogP contribution >= 0.6 is 0 Å². The van der Waals surface area contributed by atoms with Gasteiger partial charge in [0.1, 0.15) is 0 Å². The Labute approximate surface area is 92.8 Å². The predicted octanol–water partition coefficient (Wildman–Crippen LogP) is -0.177. The molecule has 0 aliphatic carbocycles. The number of nitrogens with one attached hydrogen (secondary N) is 2. The summed E-state index contributed by atoms with van der Waals surface area (Å²) in [4.78, 5) is 24.6. The van der Waals surface area contributed by atoms with Gasteiger partial charge in [0.2, 0.25) is 5.91 Å². The largest absolute Gasteiger partial charge is 0.481 e. The van der Waals surface area contributed by atoms with Crippen LogP contribution in [0.1, 0.15) is 18.4 Å². The molecule has 6 nitrogen and oxygen atoms in total. The number of carboxylic acid groups (broad SMARTS) is 1. The third-order valence-electron chi connectivity index (χ3n) is 2.14. The molecule has 1 heterocycles. The van der Waals surface area contributed by atoms with Crippen LogP contribution in [0, 0.1) is 0 Å². The highest BCUT2D eigenvalue weighted by Crippen LogP contribution is 1.98. The highest BCUT2D eigenvalue weighted by molar-refractivity contribution is 5.82. The first kappa shape index (κ1) is 12.3. The number of hydrogen-bond donors (Lipinski definition) is 4. The fourth-order valence-corrected chi connectivity index (χ4v) is 1.20. The van der Waals surface area contributed by atoms with Gasteiger partial charge in [-0.3, -0.25) is 9.59 Å². The molecule has 88 valence electrons. The van der Waals surface area contributed by atoms with Gasteiger partial charge in [0, 0.05) is 25.4 Å². The Balaban J connectivity index is 2.26. The van der Waals surface area contributed by atoms with Crippen LogP contribution in [0.25, 0.3) is 0 Å². The maximum absolute atomic E-state index is 11.4. The molecular formula is C10H15N3O3. The summed E-state index contributed by atoms with van der Waals surface area (Å²) in [7, 11) is 0. The van der Waals surface area contributed by atoms with Gasteiger partial charge in [0.25, 0.3) is 0 Å². The molecule has 0 aliphatic rings. The Bertz CT molecular complexity index is 348. The molecule has 6 heteroatoms. The first-order chi connectivity index (χ1) is 7.59. The summed E-state index contributed by atoms with van der Waals surface area (Å²) in [5, 5.41) is 11.1. The lowest BCUT2D eigenvalue weighted by Gasteiger charge is -2.10. The zero-order valence-electron chi connectivity index (χ0n) is 8.77. The molecule has 0 saturated heterocycles. The number of aromatic nitrogens is 1. The molecule has 16 heavy (non-hydrogen) atoms. The molecule has 0 aromatic carbocycles. The van der Waals surface area contributed by atoms with E-state index in [0.29, 0.717) is 6.54 Å². The van der Waals surface area contributed by atoms with Crippen LogP contribution in [0.2, 0.25) is 0 Å². The number of rotatable bonds is 6. The van der Waals surface area contributed by atoms with E-state index in [0.717, 1.165) is 5.56 Å². The molecule has 0 aliphatic heterocycles. The molecule has 1 aromatic rings. The van der Waals surface area contributed by atoms with Gasteiger partial charge in [-0.05, 0) is 18.1 Å². The zero-order chi connectivity index (χ0) is 12.0. The van der Waals surface area contributed by atoms with Gasteiger partial charge in [0.05, 0.1) is 6.04 Å². The van der Waals surface area contributed by atoms with Crippen molar-refractivity contribution in [1.82, 2.24) is 10.3 Å². The standard InChI is InChI=1S/C10H15N3O3/c11-8(1-2-9(14)15)10(16)13-6-7-3-4-12-5-7/h3-5,8,12H,1-2,6,11H2,(H,13,16)(H,14,15). The van der Waals surface area contributed by atoms with Crippen molar-refractivity contribution < 1.29 is 14.7 Å². The Kier molecular flexibility index (Phi) is 4.53. The summed E-state index contributed by atoms with van der Waals surface area (Å²) < 4.78 is 0. The first-order valence-electron chi connectivity index (χ1n) is 4.96. The molecule has 1 amide bonds. The highest BCUT2D eigenvalue weighted by Gasteiger charge is 2.14. The summed E-state index contributed by atoms with van der Waals surface area (Å²) in [5.41, 5.74) is 6.47. The number of carbonyl (C=O) groups is 2. The molecule has 1 atom stereocenters. The van der Waals surface area contributed by atoms with Crippen molar-refractivity contribution in [2.24, 2.45) is 5.73 Å². The third kappa shape index (κ3) is 4.14. The van der Waals surface area contributed by atoms with E-state index in [1.807, 2.05) is 6.07 Å². The minimum absolute atomic E-state index is 0.0985. The van der Waals surface area contributed by atoms with Gasteiger partial charge in [-0.25, -0.2) is 0 Å². The molecule has 5 N–H and O–H groups in total. The van der Waals surface area contributed by atoms with E-state index < -0.39 is 12.0 Å². The number of H-pyrrole nitrogens is 1. The summed E-state index contributed by atoms with van der Waals surface area (Å²) in [6, 6.07) is 1.07. The molecule has 1 aromatic heterocycles. The number of amides is 1. The molecule has 0 fully saturated rings. The van der Waals surface area contributed by atoms with Crippen LogP contribution in [0.3, 0.4) is 0 Å². The fourth-order valence-electron chi connectivity index (χ4n) is 1.20. The van der Waals surface area contributed by atoms with Gasteiger partial charge < -0.3 is 21.1 Å². The van der Waals surface area contributed by atoms with Crippen molar-refractivity contribution >= 4 is 11.9 Å². The Morgan fingerprint density at radius 1 is 1.56 bits per heavy atom. The molecule has 0 radical (unpaired) electrons. The molecule has 1 unspecified atom stereocenters. The fraction of sp³-hybridized carbons (Fsp3) is 0.400. The van der Waals surface area contributed by atoms with Crippen molar-refractivity contribution in [3.8, 4) is 0 Å². The Morgan fingerprint density at radius 3 is 2.88 bits per heavy atom. The van der Waals surface area contributed by atoms with Crippen molar-refractivity contribution in [2.75, 3.05) is 0 Å². The molecular weight excluding hydrogens is 210 g/mol. The second-order valence-corrected chi connectivity index (χ2v) is 3.48. The lowest BCUT2D eigenvalue weighted by Crippen LogP contribution is -2.40. The molecule has 0 bridgehead atoms. The third-order valence-corrected chi connectivity index (χ3v) is 2.14. The minimum atomic E-state index is -0.950. The average molecular weight is 225 g/mol. The monoisotopic (exact) mass is 225 g/mol. The second kappa shape index (κ2) is 5.92. The number of hydrogen-bond acceptors (Lipinski definition) is 3. The lowest BCUT2D eigenvalue weighted by molar-refractivity contribution is -0.137. The average Bonchev–Trinajstić information content (AvgIpc) is 2.75. The SMILES string of the molecule is NC(CCC(=O)O)C(=O)NCc1cc[nH]c1. The second-order valence-electron chi connectivity index (χ2n) is 3.48. The first-order valence-corrected chi connectivity index (χ1v) is 4.96. The van der Waals surface area contributed by atoms with Gasteiger partial charge in [-0.2, -0.15) is 0 Å². The van der Waals surface area contributed by atoms with Gasteiger partial charge in [0.15, 0.2) is 0 Å². The van der Waals surface area contributed by atoms with Crippen LogP contribution in [0.15, 0.2) is 18.5 Å². The summed E-state index contributed by atoms with van der Waals surface area (Å²) in [5.74, 6) is -1.28. The van der Waals surface area contributed by atoms with E-state index in [4.69, 9.17) is 10.8 Å². The van der Waals surface area contributed by atoms with E-state index in [1.165, 1.54) is 0 Å². The van der Waals surface area contributed by atoms with Crippen LogP contribution in [-0.2, 0) is 16.1 Å². The van der Waals surface area contributed by atoms with Crippen LogP contribution in [-0.4, -0.2) is 28.0 Å². The quantitative estimate of drug-likeness (QED) is 0.538. The number of nitrogens with two attached hydrogens (primary N) is 1. The normalized spacial score (nSPS) is 12.1. The van der Waals surface area contributed by atoms with Crippen LogP contribution in [0.5, 0.6) is 0 Å². The molecule has 0 saturated carbocycles. The maximum atomic E-state index is 11.4. The highest BCUT2D eigenvalue weighted by atomic mass is 16.4. The van der Waals surface area contributed by atoms with Gasteiger partial charge in [-0.1, -0.05) is 0 Å². The van der Waals surface area contributed by atoms with E-state index in [9.17, 15) is 9.59 Å². The van der Waals surface area contributed by atoms with Crippen molar-refractivity contribution in [2.45, 2.75) is 25.4 Å². The summed E-state index contributed by atoms with van der Waals surface area (Å²) >= 11 is 0. The van der Waals surface area contributed by atoms with Crippen LogP contribution in [0.4, 0.5) is 0 Å². The Hall–Kier alpha value is -1.82. The zero-order valence-corrected chi connectivity index (χ0v) is 8.77. The predicted molar refractivity (Wildman–Crippen MR) is 57.5 cm³/mol. The number of aromatic amines is 1. The van der Waals surface area contributed by atoms with Gasteiger partial charge >= 0.3 is 5.97 Å². The Morgan fingerprint density at radius 2 is 2.31 bits per heavy atom. The van der Waals surface area contributed by atoms with E-state index in [-0.39, 0.29) is 18.7 Å². The van der Waals surface area contributed by atoms with E-state index in [2.05, 4.69) is 10.3 Å². The molecule has 0 spiro atoms. The lowest BCUT2D eigenvalue weighted by atomic mass is 10.1. The van der Waals surface area contributed by atoms with Crippen LogP contribution < -0.4 is 11.1 Å². The smallest absolute Gasteiger partial charge is 0.303 e. The van der Waals surface area contributed by atoms with Gasteiger partial charge in [-0.15, -0.1) is 0 Å². The number of carboxylic acids is 1. The summed E-state index contributed by atoms with van der Waals surface area (Å²) in [6.45, 7) is 0.392. The van der Waals surface area contributed by atoms with E-state index in [1.54, 1.807) is 12.4 Å². The van der Waals surface area contributed by atoms with Crippen molar-refractivity contribution in [1.29, 1.82) is 0 Å². The maximum Gasteiger partial charge on any atom is 0.303 e.